The van der Waals surface area contributed by atoms with E-state index in [1.807, 2.05) is 48.9 Å². The number of para-hydroxylation sites is 1. The average Bonchev–Trinajstić information content (AvgIpc) is 1.55. The van der Waals surface area contributed by atoms with Gasteiger partial charge in [-0.25, -0.2) is 0 Å². The molecule has 9 heterocycles. The van der Waals surface area contributed by atoms with Crippen molar-refractivity contribution in [3.63, 3.8) is 0 Å². The van der Waals surface area contributed by atoms with Crippen LogP contribution >= 0.6 is 0 Å². The number of pyridine rings is 4. The van der Waals surface area contributed by atoms with Gasteiger partial charge in [0.05, 0.1) is 50.7 Å². The van der Waals surface area contributed by atoms with Crippen LogP contribution in [0.4, 0.5) is 5.69 Å². The summed E-state index contributed by atoms with van der Waals surface area (Å²) in [6.45, 7) is 26.6. The molecule has 1 aliphatic carbocycles. The first kappa shape index (κ1) is 79.4. The molecule has 0 amide bonds. The van der Waals surface area contributed by atoms with E-state index in [2.05, 4.69) is 305 Å². The fourth-order valence-electron chi connectivity index (χ4n) is 18.6. The molecule has 0 atom stereocenters. The predicted molar refractivity (Wildman–Crippen MR) is 460 cm³/mol. The Kier molecular flexibility index (Phi) is 22.1. The van der Waals surface area contributed by atoms with E-state index >= 15 is 0 Å². The maximum atomic E-state index is 4.91. The Hall–Kier alpha value is -9.86. The second kappa shape index (κ2) is 31.7. The number of aryl methyl sites for hydroxylation is 9. The van der Waals surface area contributed by atoms with Gasteiger partial charge in [0.1, 0.15) is 0 Å². The van der Waals surface area contributed by atoms with Crippen molar-refractivity contribution in [2.24, 2.45) is 5.41 Å². The Labute approximate surface area is 719 Å². The molecule has 20 aromatic rings. The van der Waals surface area contributed by atoms with Gasteiger partial charge in [0.15, 0.2) is 0 Å². The van der Waals surface area contributed by atoms with Gasteiger partial charge in [-0.05, 0) is 220 Å². The summed E-state index contributed by atoms with van der Waals surface area (Å²) in [4.78, 5) is 22.0. The van der Waals surface area contributed by atoms with Gasteiger partial charge in [-0.1, -0.05) is 138 Å². The van der Waals surface area contributed by atoms with Gasteiger partial charge in [0, 0.05) is 157 Å². The first-order valence-electron chi connectivity index (χ1n) is 38.8. The molecule has 1 saturated heterocycles. The number of hydrogen-bond donors (Lipinski definition) is 0. The molecule has 0 bridgehead atoms. The molecule has 8 aromatic heterocycles. The standard InChI is InChI=1S/C28H26N3.C28H25N2.C25H21N2.C20H13N2.4Ir/c1-19-9-8-10-20(2)27(19)26-18-29-28-23-12-5-4-11-22(23)24-17-21(13-14-25(24)31(26)28)30-15-6-3-7-16-30;1-17-8-7-9-18(2)26(17)25-16-29-27-22-11-6-5-10-21(22)23-12-19-14-28(3,4)15-20(19)13-24(23)30(25)27;1-15-9-10-22-21(13-15)19-7-5-6-8-20(19)25-26-14-23(27(22)25)24-17(3)11-16(2)12-18(24)4;1-13-10-11-17-19(12-13)22-18-9-5-4-7-15(18)14-6-2-3-8-16(14)20(22)21-17;;;;/h4-5,8-11,13-14,17-18H,3,6-7,15-16H2,1-2H3;5-10,12-13,16H,14-15H2,1-4H3;5-7,9-14H,1-4H3;2-7,9-12H,1H3;;;;/q4*-1;;;;. The molecule has 2 aliphatic rings. The fourth-order valence-corrected chi connectivity index (χ4v) is 18.6. The third-order valence-corrected chi connectivity index (χ3v) is 23.4. The van der Waals surface area contributed by atoms with Crippen molar-refractivity contribution in [3.8, 4) is 33.8 Å². The topological polar surface area (TPSA) is 72.4 Å². The minimum Gasteiger partial charge on any atom is -0.372 e. The molecule has 0 N–H and O–H groups in total. The number of nitrogens with zero attached hydrogens (tertiary/aromatic N) is 9. The van der Waals surface area contributed by atoms with Gasteiger partial charge < -0.3 is 22.5 Å². The quantitative estimate of drug-likeness (QED) is 0.130. The van der Waals surface area contributed by atoms with E-state index in [-0.39, 0.29) is 80.4 Å². The number of anilines is 1. The van der Waals surface area contributed by atoms with Gasteiger partial charge >= 0.3 is 0 Å². The number of rotatable bonds is 4. The molecule has 1 fully saturated rings. The van der Waals surface area contributed by atoms with Crippen LogP contribution in [0.15, 0.2) is 231 Å². The molecule has 574 valence electrons. The molecule has 0 saturated carbocycles. The normalized spacial score (nSPS) is 13.1. The minimum absolute atomic E-state index is 0. The second-order valence-corrected chi connectivity index (χ2v) is 31.8. The number of piperidine rings is 1. The summed E-state index contributed by atoms with van der Waals surface area (Å²) in [6.07, 6.45) is 12.3. The molecule has 4 radical (unpaired) electrons. The maximum Gasteiger partial charge on any atom is 0.0774 e. The SMILES string of the molecule is Cc1cc(C)c(-c2cnc3c4[c-]cccc4c4cc(C)ccc4n23)c(C)c1.Cc1ccc2nc3c4[c-]cccc4c4ccccc4n3c2c1.Cc1cccc(C)c1-c1cnc2c3[c-]cccc3c3cc(N4CCCCC4)ccc3n12.Cc1cccc(C)c1-c1cnc2c3[c-]cccc3c3cc4c(cc3n12)CC(C)(C)C4.[Ir].[Ir].[Ir].[Ir]. The fraction of sp³-hybridized carbons (Fsp3) is 0.188. The zero-order chi connectivity index (χ0) is 75.0. The average molecular weight is 2190 g/mol. The van der Waals surface area contributed by atoms with E-state index in [0.717, 1.165) is 92.5 Å². The molecular weight excluding hydrogens is 2110 g/mol. The van der Waals surface area contributed by atoms with Gasteiger partial charge in [-0.2, -0.15) is 0 Å². The van der Waals surface area contributed by atoms with Crippen LogP contribution < -0.4 is 4.90 Å². The monoisotopic (exact) mass is 2200 g/mol. The van der Waals surface area contributed by atoms with Crippen molar-refractivity contribution < 1.29 is 80.4 Å². The van der Waals surface area contributed by atoms with E-state index < -0.39 is 0 Å². The number of aromatic nitrogens is 8. The van der Waals surface area contributed by atoms with Crippen molar-refractivity contribution >= 4 is 126 Å². The summed E-state index contributed by atoms with van der Waals surface area (Å²) in [5.41, 5.74) is 34.3. The molecule has 13 heteroatoms. The molecule has 12 aromatic carbocycles. The molecule has 9 nitrogen and oxygen atoms in total. The van der Waals surface area contributed by atoms with Crippen LogP contribution in [0.3, 0.4) is 0 Å². The van der Waals surface area contributed by atoms with Crippen LogP contribution in [0.25, 0.3) is 154 Å². The largest absolute Gasteiger partial charge is 0.372 e. The summed E-state index contributed by atoms with van der Waals surface area (Å²) in [5, 5.41) is 14.3. The molecule has 114 heavy (non-hydrogen) atoms. The van der Waals surface area contributed by atoms with E-state index in [1.54, 1.807) is 0 Å². The van der Waals surface area contributed by atoms with Crippen LogP contribution in [0, 0.1) is 92.0 Å². The smallest absolute Gasteiger partial charge is 0.0774 e. The first-order valence-corrected chi connectivity index (χ1v) is 38.8. The molecular formula is C101H85Ir4N9-4. The molecule has 22 rings (SSSR count). The van der Waals surface area contributed by atoms with Gasteiger partial charge in [0.2, 0.25) is 0 Å². The summed E-state index contributed by atoms with van der Waals surface area (Å²) in [6, 6.07) is 89.6. The number of fused-ring (bicyclic) bond motifs is 27. The molecule has 1 aliphatic heterocycles. The summed E-state index contributed by atoms with van der Waals surface area (Å²) in [7, 11) is 0. The van der Waals surface area contributed by atoms with Crippen molar-refractivity contribution in [1.29, 1.82) is 0 Å². The van der Waals surface area contributed by atoms with Crippen molar-refractivity contribution in [3.05, 3.63) is 316 Å². The van der Waals surface area contributed by atoms with Crippen LogP contribution in [-0.2, 0) is 93.3 Å². The summed E-state index contributed by atoms with van der Waals surface area (Å²) < 4.78 is 9.27. The van der Waals surface area contributed by atoms with Gasteiger partial charge in [-0.3, -0.25) is 19.9 Å². The number of imidazole rings is 4. The van der Waals surface area contributed by atoms with Gasteiger partial charge in [0.25, 0.3) is 0 Å². The zero-order valence-electron chi connectivity index (χ0n) is 65.7. The second-order valence-electron chi connectivity index (χ2n) is 31.8. The molecule has 0 spiro atoms. The Morgan fingerprint density at radius 2 is 0.728 bits per heavy atom. The van der Waals surface area contributed by atoms with E-state index in [9.17, 15) is 0 Å². The van der Waals surface area contributed by atoms with Crippen molar-refractivity contribution in [2.75, 3.05) is 18.0 Å². The van der Waals surface area contributed by atoms with Gasteiger partial charge in [-0.15, -0.1) is 119 Å². The Bertz CT molecular complexity index is 7130. The molecule has 0 unspecified atom stereocenters. The third kappa shape index (κ3) is 13.6. The van der Waals surface area contributed by atoms with Crippen LogP contribution in [0.2, 0.25) is 0 Å². The van der Waals surface area contributed by atoms with Crippen molar-refractivity contribution in [2.45, 2.75) is 108 Å². The maximum absolute atomic E-state index is 4.91. The van der Waals surface area contributed by atoms with Crippen molar-refractivity contribution in [1.82, 2.24) is 37.5 Å². The third-order valence-electron chi connectivity index (χ3n) is 23.4. The van der Waals surface area contributed by atoms with E-state index in [4.69, 9.17) is 19.9 Å². The van der Waals surface area contributed by atoms with Crippen LogP contribution in [0.1, 0.15) is 94.3 Å². The Morgan fingerprint density at radius 3 is 1.25 bits per heavy atom. The zero-order valence-corrected chi connectivity index (χ0v) is 75.3. The summed E-state index contributed by atoms with van der Waals surface area (Å²) in [5.74, 6) is 0. The first-order chi connectivity index (χ1) is 53.5. The van der Waals surface area contributed by atoms with Crippen LogP contribution in [0.5, 0.6) is 0 Å². The Balaban J connectivity index is 0.000000119. The predicted octanol–water partition coefficient (Wildman–Crippen LogP) is 24.8. The van der Waals surface area contributed by atoms with Crippen LogP contribution in [-0.4, -0.2) is 50.6 Å². The van der Waals surface area contributed by atoms with E-state index in [1.165, 1.54) is 174 Å². The number of benzene rings is 12. The van der Waals surface area contributed by atoms with E-state index in [0.29, 0.717) is 5.41 Å². The number of hydrogen-bond acceptors (Lipinski definition) is 5. The Morgan fingerprint density at radius 1 is 0.316 bits per heavy atom. The summed E-state index contributed by atoms with van der Waals surface area (Å²) >= 11 is 0. The minimum atomic E-state index is 0.